The number of hydrogen-bond donors (Lipinski definition) is 0. The maximum atomic E-state index is 10.8. The van der Waals surface area contributed by atoms with Crippen LogP contribution in [0.4, 0.5) is 11.8 Å². The van der Waals surface area contributed by atoms with Gasteiger partial charge in [-0.15, -0.1) is 0 Å². The summed E-state index contributed by atoms with van der Waals surface area (Å²) in [5, 5.41) is 10.8. The van der Waals surface area contributed by atoms with Gasteiger partial charge >= 0.3 is 5.88 Å². The lowest BCUT2D eigenvalue weighted by molar-refractivity contribution is -0.402. The number of imidazole rings is 1. The first-order chi connectivity index (χ1) is 13.9. The van der Waals surface area contributed by atoms with Crippen molar-refractivity contribution in [2.75, 3.05) is 0 Å². The van der Waals surface area contributed by atoms with Crippen LogP contribution >= 0.6 is 0 Å². The third-order valence-corrected chi connectivity index (χ3v) is 5.03. The summed E-state index contributed by atoms with van der Waals surface area (Å²) in [4.78, 5) is 19.4. The molecule has 0 saturated heterocycles. The predicted molar refractivity (Wildman–Crippen MR) is 112 cm³/mol. The Balaban J connectivity index is 1.80. The highest BCUT2D eigenvalue weighted by atomic mass is 16.6. The average molecular weight is 388 g/mol. The highest BCUT2D eigenvalue weighted by Crippen LogP contribution is 2.27. The van der Waals surface area contributed by atoms with Gasteiger partial charge in [-0.2, -0.15) is 0 Å². The number of aromatic nitrogens is 2. The Bertz CT molecular complexity index is 1250. The van der Waals surface area contributed by atoms with Crippen LogP contribution in [0.2, 0.25) is 0 Å². The number of benzene rings is 2. The van der Waals surface area contributed by atoms with Crippen LogP contribution in [0.1, 0.15) is 28.0 Å². The summed E-state index contributed by atoms with van der Waals surface area (Å²) in [5.41, 5.74) is 6.56. The van der Waals surface area contributed by atoms with Crippen molar-refractivity contribution in [2.45, 2.75) is 27.3 Å². The number of nitrogens with zero attached hydrogens (tertiary/aromatic N) is 4. The molecule has 0 amide bonds. The molecule has 2 aromatic carbocycles. The van der Waals surface area contributed by atoms with E-state index in [1.807, 2.05) is 12.1 Å². The van der Waals surface area contributed by atoms with E-state index >= 15 is 0 Å². The number of aryl methyl sites for hydroxylation is 3. The Labute approximate surface area is 167 Å². The monoisotopic (exact) mass is 388 g/mol. The number of nitro groups is 1. The van der Waals surface area contributed by atoms with Crippen LogP contribution < -0.4 is 0 Å². The van der Waals surface area contributed by atoms with Crippen LogP contribution in [0.15, 0.2) is 57.9 Å². The molecule has 0 bridgehead atoms. The van der Waals surface area contributed by atoms with Crippen molar-refractivity contribution >= 4 is 29.1 Å². The van der Waals surface area contributed by atoms with Crippen LogP contribution in [0.25, 0.3) is 11.0 Å². The summed E-state index contributed by atoms with van der Waals surface area (Å²) in [5.74, 6) is 0.511. The van der Waals surface area contributed by atoms with Crippen LogP contribution in [0, 0.1) is 30.9 Å². The van der Waals surface area contributed by atoms with Crippen molar-refractivity contribution in [1.29, 1.82) is 0 Å². The quantitative estimate of drug-likeness (QED) is 0.265. The lowest BCUT2D eigenvalue weighted by Crippen LogP contribution is -2.01. The van der Waals surface area contributed by atoms with Gasteiger partial charge in [0.2, 0.25) is 5.95 Å². The number of aliphatic imine (C=N–C) groups is 1. The van der Waals surface area contributed by atoms with E-state index < -0.39 is 4.92 Å². The molecule has 0 radical (unpaired) electrons. The van der Waals surface area contributed by atoms with Crippen molar-refractivity contribution < 1.29 is 9.34 Å². The van der Waals surface area contributed by atoms with Crippen molar-refractivity contribution in [1.82, 2.24) is 9.55 Å². The van der Waals surface area contributed by atoms with Crippen LogP contribution in [0.3, 0.4) is 0 Å². The maximum absolute atomic E-state index is 10.8. The highest BCUT2D eigenvalue weighted by Gasteiger charge is 2.14. The SMILES string of the molecule is Cc1cc2nc(/N=C/c3ccc([N+](=O)[O-])o3)n(Cc3ccccc3C)c2cc1C. The summed E-state index contributed by atoms with van der Waals surface area (Å²) >= 11 is 0. The van der Waals surface area contributed by atoms with Gasteiger partial charge in [-0.05, 0) is 61.2 Å². The molecule has 4 rings (SSSR count). The standard InChI is InChI=1S/C22H20N4O3/c1-14-6-4-5-7-17(14)13-25-20-11-16(3)15(2)10-19(20)24-22(25)23-12-18-8-9-21(29-18)26(27)28/h4-12H,13H2,1-3H3/b23-12+. The first-order valence-corrected chi connectivity index (χ1v) is 9.22. The molecule has 7 nitrogen and oxygen atoms in total. The van der Waals surface area contributed by atoms with Crippen molar-refractivity contribution in [3.63, 3.8) is 0 Å². The van der Waals surface area contributed by atoms with E-state index in [0.717, 1.165) is 16.6 Å². The van der Waals surface area contributed by atoms with E-state index in [-0.39, 0.29) is 5.88 Å². The third-order valence-electron chi connectivity index (χ3n) is 5.03. The van der Waals surface area contributed by atoms with Crippen molar-refractivity contribution in [2.24, 2.45) is 4.99 Å². The van der Waals surface area contributed by atoms with Gasteiger partial charge in [0.25, 0.3) is 0 Å². The Morgan fingerprint density at radius 2 is 1.86 bits per heavy atom. The largest absolute Gasteiger partial charge is 0.433 e. The van der Waals surface area contributed by atoms with Gasteiger partial charge in [-0.3, -0.25) is 10.1 Å². The number of hydrogen-bond acceptors (Lipinski definition) is 5. The molecule has 146 valence electrons. The molecule has 2 aromatic heterocycles. The fourth-order valence-electron chi connectivity index (χ4n) is 3.21. The zero-order chi connectivity index (χ0) is 20.5. The van der Waals surface area contributed by atoms with Crippen molar-refractivity contribution in [3.05, 3.63) is 86.7 Å². The molecule has 2 heterocycles. The van der Waals surface area contributed by atoms with Gasteiger partial charge in [-0.25, -0.2) is 9.98 Å². The second kappa shape index (κ2) is 7.35. The fourth-order valence-corrected chi connectivity index (χ4v) is 3.21. The van der Waals surface area contributed by atoms with E-state index in [0.29, 0.717) is 18.3 Å². The zero-order valence-electron chi connectivity index (χ0n) is 16.4. The molecule has 7 heteroatoms. The summed E-state index contributed by atoms with van der Waals surface area (Å²) in [6.45, 7) is 6.83. The van der Waals surface area contributed by atoms with Crippen LogP contribution in [0.5, 0.6) is 0 Å². The molecular formula is C22H20N4O3. The Morgan fingerprint density at radius 3 is 2.59 bits per heavy atom. The smallest absolute Gasteiger partial charge is 0.400 e. The maximum Gasteiger partial charge on any atom is 0.433 e. The van der Waals surface area contributed by atoms with E-state index in [1.54, 1.807) is 0 Å². The molecule has 0 aliphatic carbocycles. The summed E-state index contributed by atoms with van der Waals surface area (Å²) in [6.07, 6.45) is 1.46. The molecular weight excluding hydrogens is 368 g/mol. The van der Waals surface area contributed by atoms with Crippen molar-refractivity contribution in [3.8, 4) is 0 Å². The molecule has 0 aliphatic rings. The molecule has 0 saturated carbocycles. The van der Waals surface area contributed by atoms with Gasteiger partial charge in [-0.1, -0.05) is 24.3 Å². The van der Waals surface area contributed by atoms with Gasteiger partial charge in [0.1, 0.15) is 4.92 Å². The lowest BCUT2D eigenvalue weighted by Gasteiger charge is -2.10. The van der Waals surface area contributed by atoms with E-state index in [4.69, 9.17) is 4.42 Å². The van der Waals surface area contributed by atoms with E-state index in [9.17, 15) is 10.1 Å². The number of fused-ring (bicyclic) bond motifs is 1. The third kappa shape index (κ3) is 3.67. The minimum absolute atomic E-state index is 0.304. The van der Waals surface area contributed by atoms with Gasteiger partial charge in [0.15, 0.2) is 5.76 Å². The predicted octanol–water partition coefficient (Wildman–Crippen LogP) is 5.26. The van der Waals surface area contributed by atoms with Gasteiger partial charge in [0.05, 0.1) is 29.9 Å². The number of rotatable bonds is 5. The Hall–Kier alpha value is -3.74. The molecule has 0 aliphatic heterocycles. The highest BCUT2D eigenvalue weighted by molar-refractivity contribution is 5.83. The Morgan fingerprint density at radius 1 is 1.10 bits per heavy atom. The van der Waals surface area contributed by atoms with E-state index in [1.165, 1.54) is 35.0 Å². The second-order valence-electron chi connectivity index (χ2n) is 7.04. The lowest BCUT2D eigenvalue weighted by atomic mass is 10.1. The van der Waals surface area contributed by atoms with Crippen LogP contribution in [-0.2, 0) is 6.54 Å². The normalized spacial score (nSPS) is 11.6. The fraction of sp³-hybridized carbons (Fsp3) is 0.182. The average Bonchev–Trinajstić information content (AvgIpc) is 3.28. The molecule has 0 spiro atoms. The molecule has 29 heavy (non-hydrogen) atoms. The summed E-state index contributed by atoms with van der Waals surface area (Å²) in [6, 6.07) is 15.2. The van der Waals surface area contributed by atoms with E-state index in [2.05, 4.69) is 59.6 Å². The molecule has 4 aromatic rings. The topological polar surface area (TPSA) is 86.5 Å². The first kappa shape index (κ1) is 18.6. The summed E-state index contributed by atoms with van der Waals surface area (Å²) in [7, 11) is 0. The molecule has 0 atom stereocenters. The van der Waals surface area contributed by atoms with Crippen LogP contribution in [-0.4, -0.2) is 20.7 Å². The molecule has 0 unspecified atom stereocenters. The second-order valence-corrected chi connectivity index (χ2v) is 7.04. The van der Waals surface area contributed by atoms with Gasteiger partial charge in [0, 0.05) is 0 Å². The molecule has 0 fully saturated rings. The first-order valence-electron chi connectivity index (χ1n) is 9.22. The minimum atomic E-state index is -0.573. The van der Waals surface area contributed by atoms with Gasteiger partial charge < -0.3 is 8.98 Å². The Kier molecular flexibility index (Phi) is 4.72. The summed E-state index contributed by atoms with van der Waals surface area (Å²) < 4.78 is 7.22. The minimum Gasteiger partial charge on any atom is -0.400 e. The zero-order valence-corrected chi connectivity index (χ0v) is 16.4. The number of furan rings is 1. The molecule has 0 N–H and O–H groups in total.